The van der Waals surface area contributed by atoms with Crippen molar-refractivity contribution in [2.75, 3.05) is 0 Å². The number of phenolic OH excluding ortho intramolecular Hbond substituents is 1. The maximum atomic E-state index is 11.6. The molecule has 0 amide bonds. The van der Waals surface area contributed by atoms with Gasteiger partial charge in [-0.15, -0.1) is 0 Å². The van der Waals surface area contributed by atoms with Crippen LogP contribution in [0.4, 0.5) is 0 Å². The van der Waals surface area contributed by atoms with Crippen molar-refractivity contribution in [3.05, 3.63) is 36.4 Å². The molecule has 0 spiro atoms. The molecular weight excluding hydrogens is 228 g/mol. The van der Waals surface area contributed by atoms with Gasteiger partial charge in [0.1, 0.15) is 11.5 Å². The Bertz CT molecular complexity index is 416. The number of phenols is 1. The number of rotatable bonds is 5. The fraction of sp³-hybridized carbons (Fsp3) is 0.400. The third-order valence-electron chi connectivity index (χ3n) is 2.62. The maximum absolute atomic E-state index is 11.6. The summed E-state index contributed by atoms with van der Waals surface area (Å²) >= 11 is 0. The van der Waals surface area contributed by atoms with Crippen LogP contribution in [0, 0.1) is 5.41 Å². The molecule has 0 aliphatic carbocycles. The van der Waals surface area contributed by atoms with E-state index in [1.807, 2.05) is 6.08 Å². The van der Waals surface area contributed by atoms with Gasteiger partial charge in [0.2, 0.25) is 0 Å². The van der Waals surface area contributed by atoms with Crippen molar-refractivity contribution in [3.63, 3.8) is 0 Å². The Balaban J connectivity index is 2.56. The molecule has 1 N–H and O–H groups in total. The molecule has 0 aromatic heterocycles. The van der Waals surface area contributed by atoms with Crippen molar-refractivity contribution in [1.29, 1.82) is 0 Å². The molecule has 0 saturated carbocycles. The summed E-state index contributed by atoms with van der Waals surface area (Å²) in [5.41, 5.74) is 0.00270. The van der Waals surface area contributed by atoms with E-state index in [9.17, 15) is 4.79 Å². The topological polar surface area (TPSA) is 46.5 Å². The first kappa shape index (κ1) is 14.3. The standard InChI is InChI=1S/C15H20O3/c1-4-10-15(2,3)11-9-14(17)18-13-7-5-12(16)6-8-13/h5-9,11,16H,4,10H2,1-3H3/b11-9+. The molecule has 0 heterocycles. The second kappa shape index (κ2) is 6.24. The highest BCUT2D eigenvalue weighted by molar-refractivity contribution is 5.84. The van der Waals surface area contributed by atoms with Crippen LogP contribution in [0.15, 0.2) is 36.4 Å². The van der Waals surface area contributed by atoms with Crippen LogP contribution >= 0.6 is 0 Å². The van der Waals surface area contributed by atoms with Gasteiger partial charge in [0.25, 0.3) is 0 Å². The van der Waals surface area contributed by atoms with Crippen LogP contribution in [0.3, 0.4) is 0 Å². The SMILES string of the molecule is CCCC(C)(C)/C=C/C(=O)Oc1ccc(O)cc1. The summed E-state index contributed by atoms with van der Waals surface area (Å²) in [5.74, 6) is 0.176. The van der Waals surface area contributed by atoms with Crippen LogP contribution < -0.4 is 4.74 Å². The number of esters is 1. The van der Waals surface area contributed by atoms with E-state index in [2.05, 4.69) is 20.8 Å². The van der Waals surface area contributed by atoms with E-state index in [1.165, 1.54) is 18.2 Å². The number of hydrogen-bond acceptors (Lipinski definition) is 3. The Labute approximate surface area is 108 Å². The lowest BCUT2D eigenvalue weighted by Crippen LogP contribution is -2.10. The van der Waals surface area contributed by atoms with Crippen LogP contribution in [0.2, 0.25) is 0 Å². The van der Waals surface area contributed by atoms with E-state index in [-0.39, 0.29) is 11.2 Å². The Hall–Kier alpha value is -1.77. The lowest BCUT2D eigenvalue weighted by molar-refractivity contribution is -0.129. The fourth-order valence-electron chi connectivity index (χ4n) is 1.69. The monoisotopic (exact) mass is 248 g/mol. The summed E-state index contributed by atoms with van der Waals surface area (Å²) in [6.07, 6.45) is 5.43. The Morgan fingerprint density at radius 1 is 1.33 bits per heavy atom. The van der Waals surface area contributed by atoms with Crippen molar-refractivity contribution in [2.45, 2.75) is 33.6 Å². The van der Waals surface area contributed by atoms with E-state index in [1.54, 1.807) is 12.1 Å². The summed E-state index contributed by atoms with van der Waals surface area (Å²) in [6, 6.07) is 6.07. The van der Waals surface area contributed by atoms with Crippen LogP contribution in [-0.2, 0) is 4.79 Å². The second-order valence-electron chi connectivity index (χ2n) is 4.99. The Morgan fingerprint density at radius 3 is 2.50 bits per heavy atom. The highest BCUT2D eigenvalue weighted by Gasteiger charge is 2.12. The first-order valence-electron chi connectivity index (χ1n) is 6.13. The van der Waals surface area contributed by atoms with Gasteiger partial charge in [-0.3, -0.25) is 0 Å². The van der Waals surface area contributed by atoms with Gasteiger partial charge in [-0.25, -0.2) is 4.79 Å². The number of hydrogen-bond donors (Lipinski definition) is 1. The molecule has 98 valence electrons. The normalized spacial score (nSPS) is 11.7. The molecular formula is C15H20O3. The highest BCUT2D eigenvalue weighted by Crippen LogP contribution is 2.23. The van der Waals surface area contributed by atoms with Gasteiger partial charge in [0, 0.05) is 6.08 Å². The molecule has 0 bridgehead atoms. The molecule has 3 heteroatoms. The third-order valence-corrected chi connectivity index (χ3v) is 2.62. The Morgan fingerprint density at radius 2 is 1.94 bits per heavy atom. The molecule has 0 aliphatic heterocycles. The zero-order valence-corrected chi connectivity index (χ0v) is 11.1. The quantitative estimate of drug-likeness (QED) is 0.491. The lowest BCUT2D eigenvalue weighted by Gasteiger charge is -2.18. The van der Waals surface area contributed by atoms with Gasteiger partial charge in [-0.2, -0.15) is 0 Å². The van der Waals surface area contributed by atoms with Crippen molar-refractivity contribution < 1.29 is 14.6 Å². The molecule has 3 nitrogen and oxygen atoms in total. The summed E-state index contributed by atoms with van der Waals surface area (Å²) in [6.45, 7) is 6.28. The lowest BCUT2D eigenvalue weighted by atomic mass is 9.88. The van der Waals surface area contributed by atoms with Crippen molar-refractivity contribution >= 4 is 5.97 Å². The molecule has 1 rings (SSSR count). The molecule has 0 radical (unpaired) electrons. The van der Waals surface area contributed by atoms with Crippen LogP contribution in [-0.4, -0.2) is 11.1 Å². The largest absolute Gasteiger partial charge is 0.508 e. The maximum Gasteiger partial charge on any atom is 0.335 e. The predicted octanol–water partition coefficient (Wildman–Crippen LogP) is 3.68. The molecule has 0 atom stereocenters. The minimum absolute atomic E-state index is 0.00270. The summed E-state index contributed by atoms with van der Waals surface area (Å²) in [7, 11) is 0. The molecule has 0 saturated heterocycles. The van der Waals surface area contributed by atoms with Crippen LogP contribution in [0.5, 0.6) is 11.5 Å². The number of aromatic hydroxyl groups is 1. The second-order valence-corrected chi connectivity index (χ2v) is 4.99. The van der Waals surface area contributed by atoms with Gasteiger partial charge in [0.05, 0.1) is 0 Å². The van der Waals surface area contributed by atoms with Gasteiger partial charge in [-0.1, -0.05) is 33.3 Å². The van der Waals surface area contributed by atoms with E-state index in [0.29, 0.717) is 5.75 Å². The number of carbonyl (C=O) groups excluding carboxylic acids is 1. The van der Waals surface area contributed by atoms with Gasteiger partial charge in [0.15, 0.2) is 0 Å². The minimum Gasteiger partial charge on any atom is -0.508 e. The van der Waals surface area contributed by atoms with Crippen molar-refractivity contribution in [2.24, 2.45) is 5.41 Å². The summed E-state index contributed by atoms with van der Waals surface area (Å²) in [5, 5.41) is 9.11. The first-order chi connectivity index (χ1) is 8.43. The van der Waals surface area contributed by atoms with Crippen molar-refractivity contribution in [3.8, 4) is 11.5 Å². The zero-order valence-electron chi connectivity index (χ0n) is 11.1. The smallest absolute Gasteiger partial charge is 0.335 e. The minimum atomic E-state index is -0.398. The predicted molar refractivity (Wildman–Crippen MR) is 71.6 cm³/mol. The average molecular weight is 248 g/mol. The molecule has 0 fully saturated rings. The Kier molecular flexibility index (Phi) is 4.95. The molecule has 0 aliphatic rings. The van der Waals surface area contributed by atoms with Gasteiger partial charge >= 0.3 is 5.97 Å². The van der Waals surface area contributed by atoms with Crippen molar-refractivity contribution in [1.82, 2.24) is 0 Å². The van der Waals surface area contributed by atoms with Gasteiger partial charge < -0.3 is 9.84 Å². The third kappa shape index (κ3) is 5.04. The molecule has 18 heavy (non-hydrogen) atoms. The van der Waals surface area contributed by atoms with E-state index < -0.39 is 5.97 Å². The number of ether oxygens (including phenoxy) is 1. The number of allylic oxidation sites excluding steroid dienone is 1. The van der Waals surface area contributed by atoms with Gasteiger partial charge in [-0.05, 0) is 36.1 Å². The van der Waals surface area contributed by atoms with E-state index >= 15 is 0 Å². The first-order valence-corrected chi connectivity index (χ1v) is 6.13. The van der Waals surface area contributed by atoms with E-state index in [0.717, 1.165) is 12.8 Å². The highest BCUT2D eigenvalue weighted by atomic mass is 16.5. The number of benzene rings is 1. The summed E-state index contributed by atoms with van der Waals surface area (Å²) in [4.78, 5) is 11.6. The van der Waals surface area contributed by atoms with Crippen LogP contribution in [0.1, 0.15) is 33.6 Å². The average Bonchev–Trinajstić information content (AvgIpc) is 2.30. The molecule has 1 aromatic rings. The number of carbonyl (C=O) groups is 1. The van der Waals surface area contributed by atoms with E-state index in [4.69, 9.17) is 9.84 Å². The molecule has 0 unspecified atom stereocenters. The molecule has 1 aromatic carbocycles. The fourth-order valence-corrected chi connectivity index (χ4v) is 1.69. The van der Waals surface area contributed by atoms with Crippen LogP contribution in [0.25, 0.3) is 0 Å². The summed E-state index contributed by atoms with van der Waals surface area (Å²) < 4.78 is 5.11. The zero-order chi connectivity index (χ0) is 13.6.